The van der Waals surface area contributed by atoms with E-state index in [1.54, 1.807) is 13.0 Å². The Kier molecular flexibility index (Phi) is 4.23. The Morgan fingerprint density at radius 2 is 2.05 bits per heavy atom. The fourth-order valence-electron chi connectivity index (χ4n) is 2.24. The van der Waals surface area contributed by atoms with E-state index in [1.165, 1.54) is 7.11 Å². The molecule has 0 aromatic heterocycles. The normalized spacial score (nSPS) is 26.0. The van der Waals surface area contributed by atoms with Gasteiger partial charge in [-0.2, -0.15) is 0 Å². The van der Waals surface area contributed by atoms with Crippen LogP contribution in [0.4, 0.5) is 0 Å². The quantitative estimate of drug-likeness (QED) is 0.628. The number of methoxy groups -OCH3 is 1. The van der Waals surface area contributed by atoms with Crippen molar-refractivity contribution in [1.29, 1.82) is 0 Å². The first-order valence-electron chi connectivity index (χ1n) is 6.20. The minimum absolute atomic E-state index is 0.192. The first-order chi connectivity index (χ1) is 9.10. The van der Waals surface area contributed by atoms with Crippen LogP contribution in [-0.2, 0) is 18.6 Å². The van der Waals surface area contributed by atoms with Gasteiger partial charge in [0.25, 0.3) is 0 Å². The van der Waals surface area contributed by atoms with E-state index >= 15 is 0 Å². The molecule has 1 aliphatic heterocycles. The van der Waals surface area contributed by atoms with Gasteiger partial charge in [-0.1, -0.05) is 36.4 Å². The van der Waals surface area contributed by atoms with Gasteiger partial charge in [-0.25, -0.2) is 0 Å². The molecule has 0 fully saturated rings. The van der Waals surface area contributed by atoms with Crippen molar-refractivity contribution in [2.75, 3.05) is 19.9 Å². The second-order valence-corrected chi connectivity index (χ2v) is 6.77. The van der Waals surface area contributed by atoms with Crippen LogP contribution in [0, 0.1) is 5.92 Å². The monoisotopic (exact) mass is 280 g/mol. The van der Waals surface area contributed by atoms with Crippen LogP contribution in [-0.4, -0.2) is 25.8 Å². The minimum Gasteiger partial charge on any atom is -0.469 e. The van der Waals surface area contributed by atoms with Crippen LogP contribution in [0.25, 0.3) is 5.31 Å². The Labute approximate surface area is 112 Å². The number of hydrogen-bond acceptors (Lipinski definition) is 4. The van der Waals surface area contributed by atoms with Crippen molar-refractivity contribution in [2.45, 2.75) is 6.92 Å². The van der Waals surface area contributed by atoms with Gasteiger partial charge in [0.1, 0.15) is 0 Å². The molecule has 0 bridgehead atoms. The fourth-order valence-corrected chi connectivity index (χ4v) is 4.82. The summed E-state index contributed by atoms with van der Waals surface area (Å²) in [5.74, 6) is -0.858. The maximum absolute atomic E-state index is 12.9. The minimum atomic E-state index is -2.97. The summed E-state index contributed by atoms with van der Waals surface area (Å²) in [4.78, 5) is 11.6. The van der Waals surface area contributed by atoms with Crippen molar-refractivity contribution in [3.63, 3.8) is 0 Å². The van der Waals surface area contributed by atoms with Gasteiger partial charge in [0.2, 0.25) is 7.37 Å². The number of ether oxygens (including phenoxy) is 1. The highest BCUT2D eigenvalue weighted by atomic mass is 31.2. The molecular formula is C14H17O4P. The lowest BCUT2D eigenvalue weighted by Crippen LogP contribution is -2.14. The third-order valence-corrected chi connectivity index (χ3v) is 5.77. The first-order valence-corrected chi connectivity index (χ1v) is 8.01. The number of hydrogen-bond donors (Lipinski definition) is 0. The molecule has 1 aliphatic rings. The Hall–Kier alpha value is -1.38. The largest absolute Gasteiger partial charge is 0.469 e. The van der Waals surface area contributed by atoms with Crippen LogP contribution >= 0.6 is 7.37 Å². The van der Waals surface area contributed by atoms with Crippen LogP contribution in [0.2, 0.25) is 0 Å². The molecule has 0 spiro atoms. The Bertz CT molecular complexity index is 536. The van der Waals surface area contributed by atoms with Crippen molar-refractivity contribution < 1.29 is 18.6 Å². The van der Waals surface area contributed by atoms with Crippen LogP contribution in [0.5, 0.6) is 0 Å². The molecule has 1 heterocycles. The SMILES string of the molecule is CCOP1(=O)CC(C(=O)OC)C=C1c1ccccc1. The Balaban J connectivity index is 2.40. The molecule has 5 heteroatoms. The second kappa shape index (κ2) is 5.72. The Morgan fingerprint density at radius 1 is 1.37 bits per heavy atom. The van der Waals surface area contributed by atoms with E-state index in [4.69, 9.17) is 9.26 Å². The highest BCUT2D eigenvalue weighted by Crippen LogP contribution is 2.64. The van der Waals surface area contributed by atoms with Crippen molar-refractivity contribution in [3.8, 4) is 0 Å². The number of rotatable bonds is 4. The lowest BCUT2D eigenvalue weighted by Gasteiger charge is -2.16. The molecule has 4 nitrogen and oxygen atoms in total. The lowest BCUT2D eigenvalue weighted by molar-refractivity contribution is -0.143. The molecule has 0 radical (unpaired) electrons. The number of carbonyl (C=O) groups excluding carboxylic acids is 1. The summed E-state index contributed by atoms with van der Waals surface area (Å²) in [7, 11) is -1.63. The number of benzene rings is 1. The zero-order valence-corrected chi connectivity index (χ0v) is 11.9. The van der Waals surface area contributed by atoms with Crippen molar-refractivity contribution in [2.24, 2.45) is 5.92 Å². The molecule has 1 aromatic carbocycles. The van der Waals surface area contributed by atoms with E-state index in [1.807, 2.05) is 30.3 Å². The third kappa shape index (κ3) is 2.80. The van der Waals surface area contributed by atoms with E-state index in [-0.39, 0.29) is 12.1 Å². The van der Waals surface area contributed by atoms with Gasteiger partial charge in [-0.15, -0.1) is 0 Å². The molecule has 2 rings (SSSR count). The van der Waals surface area contributed by atoms with E-state index < -0.39 is 13.3 Å². The predicted molar refractivity (Wildman–Crippen MR) is 74.0 cm³/mol. The van der Waals surface area contributed by atoms with Crippen LogP contribution in [0.3, 0.4) is 0 Å². The summed E-state index contributed by atoms with van der Waals surface area (Å²) in [6.45, 7) is 2.16. The molecule has 1 aromatic rings. The van der Waals surface area contributed by atoms with E-state index in [2.05, 4.69) is 0 Å². The summed E-state index contributed by atoms with van der Waals surface area (Å²) >= 11 is 0. The van der Waals surface area contributed by atoms with Crippen molar-refractivity contribution in [3.05, 3.63) is 42.0 Å². The van der Waals surface area contributed by atoms with Gasteiger partial charge in [-0.05, 0) is 12.5 Å². The predicted octanol–water partition coefficient (Wildman–Crippen LogP) is 3.14. The molecule has 2 unspecified atom stereocenters. The molecule has 0 amide bonds. The maximum Gasteiger partial charge on any atom is 0.313 e. The summed E-state index contributed by atoms with van der Waals surface area (Å²) in [5.41, 5.74) is 0.839. The van der Waals surface area contributed by atoms with E-state index in [0.717, 1.165) is 5.56 Å². The molecule has 2 atom stereocenters. The summed E-state index contributed by atoms with van der Waals surface area (Å²) in [5, 5.41) is 0.630. The average Bonchev–Trinajstić information content (AvgIpc) is 2.77. The lowest BCUT2D eigenvalue weighted by atomic mass is 10.1. The summed E-state index contributed by atoms with van der Waals surface area (Å²) < 4.78 is 23.1. The van der Waals surface area contributed by atoms with E-state index in [9.17, 15) is 9.36 Å². The van der Waals surface area contributed by atoms with Crippen LogP contribution in [0.1, 0.15) is 12.5 Å². The average molecular weight is 280 g/mol. The molecule has 102 valence electrons. The molecule has 0 saturated carbocycles. The van der Waals surface area contributed by atoms with Gasteiger partial charge >= 0.3 is 5.97 Å². The molecular weight excluding hydrogens is 263 g/mol. The maximum atomic E-state index is 12.9. The molecule has 0 N–H and O–H groups in total. The van der Waals surface area contributed by atoms with Gasteiger partial charge in [0.15, 0.2) is 0 Å². The summed E-state index contributed by atoms with van der Waals surface area (Å²) in [6.07, 6.45) is 1.91. The first kappa shape index (κ1) is 14.0. The zero-order chi connectivity index (χ0) is 13.9. The van der Waals surface area contributed by atoms with Crippen LogP contribution < -0.4 is 0 Å². The fraction of sp³-hybridized carbons (Fsp3) is 0.357. The molecule has 0 saturated heterocycles. The van der Waals surface area contributed by atoms with Crippen LogP contribution in [0.15, 0.2) is 36.4 Å². The van der Waals surface area contributed by atoms with Crippen molar-refractivity contribution in [1.82, 2.24) is 0 Å². The standard InChI is InChI=1S/C14H17O4P/c1-3-18-19(16)10-12(14(15)17-2)9-13(19)11-7-5-4-6-8-11/h4-9,12H,3,10H2,1-2H3. The van der Waals surface area contributed by atoms with Crippen molar-refractivity contribution >= 4 is 18.7 Å². The highest BCUT2D eigenvalue weighted by Gasteiger charge is 2.41. The third-order valence-electron chi connectivity index (χ3n) is 3.07. The topological polar surface area (TPSA) is 52.6 Å². The molecule has 19 heavy (non-hydrogen) atoms. The van der Waals surface area contributed by atoms with Gasteiger partial charge in [0.05, 0.1) is 19.6 Å². The van der Waals surface area contributed by atoms with Gasteiger partial charge in [0, 0.05) is 11.5 Å². The Morgan fingerprint density at radius 3 is 2.63 bits per heavy atom. The molecule has 0 aliphatic carbocycles. The summed E-state index contributed by atoms with van der Waals surface area (Å²) in [6, 6.07) is 9.38. The number of carbonyl (C=O) groups is 1. The van der Waals surface area contributed by atoms with E-state index in [0.29, 0.717) is 11.9 Å². The number of esters is 1. The zero-order valence-electron chi connectivity index (χ0n) is 11.0. The van der Waals surface area contributed by atoms with Gasteiger partial charge < -0.3 is 9.26 Å². The smallest absolute Gasteiger partial charge is 0.313 e. The highest BCUT2D eigenvalue weighted by molar-refractivity contribution is 7.70. The van der Waals surface area contributed by atoms with Gasteiger partial charge in [-0.3, -0.25) is 9.36 Å². The second-order valence-electron chi connectivity index (χ2n) is 4.32.